The van der Waals surface area contributed by atoms with E-state index in [4.69, 9.17) is 0 Å². The Morgan fingerprint density at radius 3 is 2.56 bits per heavy atom. The second-order valence-corrected chi connectivity index (χ2v) is 3.41. The first-order valence-corrected chi connectivity index (χ1v) is 4.49. The topological polar surface area (TPSA) is 61.5 Å². The Kier molecular flexibility index (Phi) is 2.30. The average Bonchev–Trinajstić information content (AvgIpc) is 2.15. The van der Waals surface area contributed by atoms with Crippen LogP contribution in [0.3, 0.4) is 0 Å². The molecule has 2 heterocycles. The summed E-state index contributed by atoms with van der Waals surface area (Å²) in [5.74, 6) is 0. The summed E-state index contributed by atoms with van der Waals surface area (Å²) in [6.07, 6.45) is -4.55. The molecule has 0 aliphatic carbocycles. The molecular formula is C8H4F3N3OS. The van der Waals surface area contributed by atoms with Gasteiger partial charge >= 0.3 is 6.18 Å². The third-order valence-corrected chi connectivity index (χ3v) is 2.09. The summed E-state index contributed by atoms with van der Waals surface area (Å²) in [5, 5.41) is 0.0293. The van der Waals surface area contributed by atoms with Crippen molar-refractivity contribution in [2.75, 3.05) is 0 Å². The van der Waals surface area contributed by atoms with E-state index in [0.717, 1.165) is 12.1 Å². The van der Waals surface area contributed by atoms with Crippen molar-refractivity contribution in [2.24, 2.45) is 0 Å². The highest BCUT2D eigenvalue weighted by Crippen LogP contribution is 2.27. The molecule has 0 aromatic carbocycles. The zero-order chi connectivity index (χ0) is 11.9. The van der Waals surface area contributed by atoms with Crippen LogP contribution in [0.4, 0.5) is 13.2 Å². The molecule has 0 saturated heterocycles. The normalized spacial score (nSPS) is 11.9. The Hall–Kier alpha value is -1.70. The smallest absolute Gasteiger partial charge is 0.316 e. The Labute approximate surface area is 91.2 Å². The molecular weight excluding hydrogens is 243 g/mol. The molecule has 2 rings (SSSR count). The van der Waals surface area contributed by atoms with Crippen molar-refractivity contribution in [1.82, 2.24) is 15.0 Å². The highest BCUT2D eigenvalue weighted by molar-refractivity contribution is 7.71. The van der Waals surface area contributed by atoms with Gasteiger partial charge in [-0.25, -0.2) is 4.98 Å². The van der Waals surface area contributed by atoms with E-state index in [9.17, 15) is 18.0 Å². The van der Waals surface area contributed by atoms with Crippen LogP contribution >= 0.6 is 12.2 Å². The third kappa shape index (κ3) is 1.83. The second-order valence-electron chi connectivity index (χ2n) is 3.00. The number of alkyl halides is 3. The summed E-state index contributed by atoms with van der Waals surface area (Å²) >= 11 is 4.63. The number of aromatic nitrogens is 3. The number of fused-ring (bicyclic) bond motifs is 1. The predicted octanol–water partition coefficient (Wildman–Crippen LogP) is 2.00. The van der Waals surface area contributed by atoms with E-state index in [1.54, 1.807) is 0 Å². The van der Waals surface area contributed by atoms with E-state index >= 15 is 0 Å². The number of halogens is 3. The van der Waals surface area contributed by atoms with Gasteiger partial charge in [-0.3, -0.25) is 9.78 Å². The average molecular weight is 247 g/mol. The standard InChI is InChI=1S/C8H4F3N3OS/c9-8(10,11)4-2-1-3-5(12-4)13-7(16)14-6(3)15/h1-2H,(H2,12,13,14,15,16). The van der Waals surface area contributed by atoms with Gasteiger partial charge in [0.1, 0.15) is 11.3 Å². The lowest BCUT2D eigenvalue weighted by Gasteiger charge is -2.05. The number of hydrogen-bond acceptors (Lipinski definition) is 3. The molecule has 2 N–H and O–H groups in total. The SMILES string of the molecule is O=c1[nH]c(=S)[nH]c2nc(C(F)(F)F)ccc12. The maximum Gasteiger partial charge on any atom is 0.433 e. The largest absolute Gasteiger partial charge is 0.433 e. The minimum Gasteiger partial charge on any atom is -0.316 e. The van der Waals surface area contributed by atoms with Crippen molar-refractivity contribution in [1.29, 1.82) is 0 Å². The molecule has 2 aromatic rings. The van der Waals surface area contributed by atoms with Crippen molar-refractivity contribution >= 4 is 23.3 Å². The van der Waals surface area contributed by atoms with Crippen LogP contribution in [0.1, 0.15) is 5.69 Å². The van der Waals surface area contributed by atoms with Gasteiger partial charge in [0.15, 0.2) is 4.77 Å². The Morgan fingerprint density at radius 2 is 1.94 bits per heavy atom. The van der Waals surface area contributed by atoms with Gasteiger partial charge in [-0.2, -0.15) is 13.2 Å². The molecule has 0 amide bonds. The van der Waals surface area contributed by atoms with Crippen LogP contribution < -0.4 is 5.56 Å². The Bertz CT molecular complexity index is 658. The predicted molar refractivity (Wildman–Crippen MR) is 52.6 cm³/mol. The molecule has 0 aliphatic rings. The van der Waals surface area contributed by atoms with E-state index in [0.29, 0.717) is 0 Å². The van der Waals surface area contributed by atoms with Crippen LogP contribution in [-0.4, -0.2) is 15.0 Å². The molecule has 0 fully saturated rings. The quantitative estimate of drug-likeness (QED) is 0.700. The minimum atomic E-state index is -4.55. The summed E-state index contributed by atoms with van der Waals surface area (Å²) in [6.45, 7) is 0. The molecule has 2 aromatic heterocycles. The number of aromatic amines is 2. The van der Waals surface area contributed by atoms with E-state index in [1.165, 1.54) is 0 Å². The molecule has 0 saturated carbocycles. The lowest BCUT2D eigenvalue weighted by Crippen LogP contribution is -2.12. The van der Waals surface area contributed by atoms with Crippen molar-refractivity contribution in [3.05, 3.63) is 33.0 Å². The molecule has 0 atom stereocenters. The lowest BCUT2D eigenvalue weighted by atomic mass is 10.3. The molecule has 4 nitrogen and oxygen atoms in total. The van der Waals surface area contributed by atoms with Gasteiger partial charge in [0.2, 0.25) is 0 Å². The van der Waals surface area contributed by atoms with Gasteiger partial charge < -0.3 is 4.98 Å². The molecule has 0 bridgehead atoms. The van der Waals surface area contributed by atoms with E-state index in [-0.39, 0.29) is 15.8 Å². The Morgan fingerprint density at radius 1 is 1.25 bits per heavy atom. The summed E-state index contributed by atoms with van der Waals surface area (Å²) < 4.78 is 36.9. The molecule has 0 radical (unpaired) electrons. The third-order valence-electron chi connectivity index (χ3n) is 1.89. The van der Waals surface area contributed by atoms with Gasteiger partial charge in [-0.15, -0.1) is 0 Å². The first kappa shape index (κ1) is 10.8. The summed E-state index contributed by atoms with van der Waals surface area (Å²) in [4.78, 5) is 19.2. The van der Waals surface area contributed by atoms with Gasteiger partial charge in [0.25, 0.3) is 5.56 Å². The monoisotopic (exact) mass is 247 g/mol. The van der Waals surface area contributed by atoms with E-state index in [1.807, 2.05) is 0 Å². The van der Waals surface area contributed by atoms with Gasteiger partial charge in [-0.1, -0.05) is 0 Å². The number of hydrogen-bond donors (Lipinski definition) is 2. The van der Waals surface area contributed by atoms with Crippen LogP contribution in [0.2, 0.25) is 0 Å². The summed E-state index contributed by atoms with van der Waals surface area (Å²) in [5.41, 5.74) is -1.82. The minimum absolute atomic E-state index is 0.0293. The van der Waals surface area contributed by atoms with Crippen LogP contribution in [0.15, 0.2) is 16.9 Å². The fourth-order valence-electron chi connectivity index (χ4n) is 1.20. The lowest BCUT2D eigenvalue weighted by molar-refractivity contribution is -0.141. The van der Waals surface area contributed by atoms with Crippen molar-refractivity contribution < 1.29 is 13.2 Å². The maximum absolute atomic E-state index is 12.3. The molecule has 8 heteroatoms. The fraction of sp³-hybridized carbons (Fsp3) is 0.125. The number of pyridine rings is 1. The van der Waals surface area contributed by atoms with Gasteiger partial charge in [0, 0.05) is 0 Å². The van der Waals surface area contributed by atoms with Crippen molar-refractivity contribution in [2.45, 2.75) is 6.18 Å². The number of nitrogens with one attached hydrogen (secondary N) is 2. The van der Waals surface area contributed by atoms with Crippen LogP contribution in [-0.2, 0) is 6.18 Å². The first-order valence-electron chi connectivity index (χ1n) is 4.08. The van der Waals surface area contributed by atoms with Gasteiger partial charge in [0.05, 0.1) is 5.39 Å². The molecule has 0 spiro atoms. The molecule has 16 heavy (non-hydrogen) atoms. The first-order chi connectivity index (χ1) is 7.38. The number of nitrogens with zero attached hydrogens (tertiary/aromatic N) is 1. The molecule has 84 valence electrons. The maximum atomic E-state index is 12.3. The number of rotatable bonds is 0. The highest BCUT2D eigenvalue weighted by Gasteiger charge is 2.32. The second kappa shape index (κ2) is 3.41. The summed E-state index contributed by atoms with van der Waals surface area (Å²) in [6, 6.07) is 1.80. The van der Waals surface area contributed by atoms with Crippen molar-refractivity contribution in [3.63, 3.8) is 0 Å². The van der Waals surface area contributed by atoms with Gasteiger partial charge in [-0.05, 0) is 24.4 Å². The number of H-pyrrole nitrogens is 2. The van der Waals surface area contributed by atoms with Crippen LogP contribution in [0.5, 0.6) is 0 Å². The van der Waals surface area contributed by atoms with Crippen molar-refractivity contribution in [3.8, 4) is 0 Å². The zero-order valence-corrected chi connectivity index (χ0v) is 8.37. The van der Waals surface area contributed by atoms with Crippen LogP contribution in [0, 0.1) is 4.77 Å². The molecule has 0 aliphatic heterocycles. The zero-order valence-electron chi connectivity index (χ0n) is 7.55. The van der Waals surface area contributed by atoms with E-state index in [2.05, 4.69) is 27.2 Å². The highest BCUT2D eigenvalue weighted by atomic mass is 32.1. The van der Waals surface area contributed by atoms with Crippen LogP contribution in [0.25, 0.3) is 11.0 Å². The molecule has 0 unspecified atom stereocenters. The Balaban J connectivity index is 2.82. The van der Waals surface area contributed by atoms with E-state index < -0.39 is 17.4 Å². The fourth-order valence-corrected chi connectivity index (χ4v) is 1.39. The summed E-state index contributed by atoms with van der Waals surface area (Å²) in [7, 11) is 0.